The Labute approximate surface area is 253 Å². The molecule has 1 amide bonds. The van der Waals surface area contributed by atoms with Crippen LogP contribution in [0.3, 0.4) is 0 Å². The predicted molar refractivity (Wildman–Crippen MR) is 165 cm³/mol. The molecule has 0 saturated carbocycles. The number of aromatic nitrogens is 2. The van der Waals surface area contributed by atoms with E-state index in [1.54, 1.807) is 24.3 Å². The molecule has 0 spiro atoms. The van der Waals surface area contributed by atoms with Gasteiger partial charge in [-0.15, -0.1) is 0 Å². The van der Waals surface area contributed by atoms with E-state index in [-0.39, 0.29) is 42.0 Å². The summed E-state index contributed by atoms with van der Waals surface area (Å²) in [7, 11) is 0. The zero-order chi connectivity index (χ0) is 30.9. The van der Waals surface area contributed by atoms with Gasteiger partial charge in [0.2, 0.25) is 0 Å². The number of ether oxygens (including phenoxy) is 1. The number of carboxylic acid groups (broad SMARTS) is 1. The van der Waals surface area contributed by atoms with Gasteiger partial charge in [0.05, 0.1) is 18.3 Å². The topological polar surface area (TPSA) is 140 Å². The van der Waals surface area contributed by atoms with Gasteiger partial charge in [0.15, 0.2) is 0 Å². The summed E-state index contributed by atoms with van der Waals surface area (Å²) in [5.41, 5.74) is 2.83. The first kappa shape index (κ1) is 31.7. The van der Waals surface area contributed by atoms with Gasteiger partial charge < -0.3 is 20.3 Å². The van der Waals surface area contributed by atoms with Crippen molar-refractivity contribution in [2.75, 3.05) is 6.61 Å². The van der Waals surface area contributed by atoms with Crippen molar-refractivity contribution < 1.29 is 24.5 Å². The molecule has 2 aromatic carbocycles. The third-order valence-electron chi connectivity index (χ3n) is 7.79. The van der Waals surface area contributed by atoms with Crippen LogP contribution >= 0.6 is 11.5 Å². The van der Waals surface area contributed by atoms with Crippen molar-refractivity contribution in [1.29, 1.82) is 0 Å². The van der Waals surface area contributed by atoms with Gasteiger partial charge in [0.25, 0.3) is 0 Å². The minimum Gasteiger partial charge on any atom is -0.478 e. The number of aliphatic hydroxyl groups is 1. The van der Waals surface area contributed by atoms with Crippen LogP contribution in [-0.2, 0) is 22.6 Å². The first-order valence-corrected chi connectivity index (χ1v) is 15.0. The van der Waals surface area contributed by atoms with Crippen molar-refractivity contribution in [3.05, 3.63) is 110 Å². The summed E-state index contributed by atoms with van der Waals surface area (Å²) in [5.74, 6) is -1.42. The Hall–Kier alpha value is -4.22. The van der Waals surface area contributed by atoms with Crippen LogP contribution in [0.2, 0.25) is 0 Å². The lowest BCUT2D eigenvalue weighted by Crippen LogP contribution is -2.29. The summed E-state index contributed by atoms with van der Waals surface area (Å²) in [6, 6.07) is 16.2. The molecule has 1 heterocycles. The standard InChI is InChI=1S/C32H37N3O7S/c1-21-7-6-8-25(15-16-26(17-28(21)36)22(2)29(37)38)20-42-30(39)33-18-23-11-13-24(14-12-23)19-34-31(40)35(43-32(34)41)27-9-4-3-5-10-27/h3-5,8-14,21,26,28,36H,2,6-7,15-20H2,1H3,(H,33,39)(H,37,38)/b25-8+. The number of allylic oxidation sites excluding steroid dienone is 1. The number of rotatable bonds is 9. The Morgan fingerprint density at radius 3 is 2.47 bits per heavy atom. The molecule has 3 unspecified atom stereocenters. The summed E-state index contributed by atoms with van der Waals surface area (Å²) in [4.78, 5) is 48.9. The zero-order valence-corrected chi connectivity index (χ0v) is 24.9. The molecule has 0 saturated heterocycles. The van der Waals surface area contributed by atoms with Crippen molar-refractivity contribution in [1.82, 2.24) is 13.8 Å². The van der Waals surface area contributed by atoms with Crippen LogP contribution in [0.15, 0.2) is 88.0 Å². The molecule has 1 aromatic heterocycles. The Morgan fingerprint density at radius 2 is 1.77 bits per heavy atom. The van der Waals surface area contributed by atoms with Gasteiger partial charge in [-0.2, -0.15) is 0 Å². The van der Waals surface area contributed by atoms with Crippen LogP contribution in [0.25, 0.3) is 5.69 Å². The van der Waals surface area contributed by atoms with Gasteiger partial charge in [-0.25, -0.2) is 22.9 Å². The van der Waals surface area contributed by atoms with E-state index in [1.807, 2.05) is 43.3 Å². The number of hydrogen-bond acceptors (Lipinski definition) is 7. The fourth-order valence-corrected chi connectivity index (χ4v) is 5.81. The Bertz CT molecular complexity index is 1570. The summed E-state index contributed by atoms with van der Waals surface area (Å²) in [6.45, 7) is 6.11. The minimum atomic E-state index is -1.07. The second kappa shape index (κ2) is 14.8. The molecule has 1 aliphatic carbocycles. The number of nitrogens with one attached hydrogen (secondary N) is 1. The number of carboxylic acids is 1. The van der Waals surface area contributed by atoms with E-state index in [1.165, 1.54) is 8.52 Å². The highest BCUT2D eigenvalue weighted by molar-refractivity contribution is 7.03. The van der Waals surface area contributed by atoms with Crippen molar-refractivity contribution in [3.8, 4) is 5.69 Å². The molecule has 4 rings (SSSR count). The monoisotopic (exact) mass is 607 g/mol. The van der Waals surface area contributed by atoms with E-state index >= 15 is 0 Å². The maximum atomic E-state index is 12.8. The number of amides is 1. The lowest BCUT2D eigenvalue weighted by atomic mass is 9.82. The highest BCUT2D eigenvalue weighted by atomic mass is 32.1. The normalized spacial score (nSPS) is 20.4. The molecule has 3 N–H and O–H groups in total. The number of aliphatic carboxylic acids is 1. The lowest BCUT2D eigenvalue weighted by Gasteiger charge is -2.26. The van der Waals surface area contributed by atoms with Crippen LogP contribution in [0.5, 0.6) is 0 Å². The first-order valence-electron chi connectivity index (χ1n) is 14.3. The minimum absolute atomic E-state index is 0.00880. The Morgan fingerprint density at radius 1 is 1.07 bits per heavy atom. The molecule has 3 aromatic rings. The quantitative estimate of drug-likeness (QED) is 0.241. The van der Waals surface area contributed by atoms with Crippen LogP contribution in [0.1, 0.15) is 50.2 Å². The van der Waals surface area contributed by atoms with Crippen LogP contribution in [0, 0.1) is 11.8 Å². The van der Waals surface area contributed by atoms with Gasteiger partial charge >= 0.3 is 22.6 Å². The molecule has 11 heteroatoms. The third kappa shape index (κ3) is 8.65. The second-order valence-electron chi connectivity index (χ2n) is 10.9. The maximum Gasteiger partial charge on any atom is 0.407 e. The van der Waals surface area contributed by atoms with E-state index < -0.39 is 23.9 Å². The van der Waals surface area contributed by atoms with Crippen LogP contribution < -0.4 is 15.9 Å². The Balaban J connectivity index is 1.29. The fraction of sp³-hybridized carbons (Fsp3) is 0.375. The summed E-state index contributed by atoms with van der Waals surface area (Å²) < 4.78 is 8.02. The lowest BCUT2D eigenvalue weighted by molar-refractivity contribution is -0.133. The number of alkyl carbamates (subject to hydrolysis) is 1. The summed E-state index contributed by atoms with van der Waals surface area (Å²) >= 11 is 0.858. The SMILES string of the molecule is C=C(C(=O)O)C1CC/C(COC(=O)NCc2ccc(Cn3c(=O)sn(-c4ccccc4)c3=O)cc2)=C\CCC(C)C(O)C1. The highest BCUT2D eigenvalue weighted by Crippen LogP contribution is 2.29. The predicted octanol–water partition coefficient (Wildman–Crippen LogP) is 4.48. The molecule has 0 radical (unpaired) electrons. The molecule has 10 nitrogen and oxygen atoms in total. The number of para-hydroxylation sites is 1. The van der Waals surface area contributed by atoms with Crippen molar-refractivity contribution >= 4 is 23.6 Å². The molecule has 43 heavy (non-hydrogen) atoms. The molecule has 0 bridgehead atoms. The fourth-order valence-electron chi connectivity index (χ4n) is 5.01. The average molecular weight is 608 g/mol. The van der Waals surface area contributed by atoms with Gasteiger partial charge in [0, 0.05) is 23.7 Å². The number of hydrogen-bond donors (Lipinski definition) is 3. The largest absolute Gasteiger partial charge is 0.478 e. The Kier molecular flexibility index (Phi) is 10.9. The zero-order valence-electron chi connectivity index (χ0n) is 24.1. The second-order valence-corrected chi connectivity index (χ2v) is 11.8. The molecule has 0 aliphatic heterocycles. The van der Waals surface area contributed by atoms with E-state index in [0.717, 1.165) is 41.1 Å². The van der Waals surface area contributed by atoms with Crippen molar-refractivity contribution in [2.45, 2.75) is 58.2 Å². The van der Waals surface area contributed by atoms with E-state index in [4.69, 9.17) is 4.74 Å². The van der Waals surface area contributed by atoms with Crippen LogP contribution in [0.4, 0.5) is 4.79 Å². The molecular weight excluding hydrogens is 570 g/mol. The highest BCUT2D eigenvalue weighted by Gasteiger charge is 2.26. The number of nitrogens with zero attached hydrogens (tertiary/aromatic N) is 2. The smallest absolute Gasteiger partial charge is 0.407 e. The van der Waals surface area contributed by atoms with Crippen molar-refractivity contribution in [2.24, 2.45) is 11.8 Å². The molecule has 228 valence electrons. The number of aliphatic hydroxyl groups excluding tert-OH is 1. The van der Waals surface area contributed by atoms with Crippen LogP contribution in [-0.4, -0.2) is 43.5 Å². The third-order valence-corrected chi connectivity index (χ3v) is 8.72. The van der Waals surface area contributed by atoms with Gasteiger partial charge in [-0.05, 0) is 72.8 Å². The number of carbonyl (C=O) groups excluding carboxylic acids is 1. The van der Waals surface area contributed by atoms with Gasteiger partial charge in [-0.3, -0.25) is 4.79 Å². The molecular formula is C32H37N3O7S. The summed E-state index contributed by atoms with van der Waals surface area (Å²) in [6.07, 6.45) is 3.68. The maximum absolute atomic E-state index is 12.8. The average Bonchev–Trinajstić information content (AvgIpc) is 3.28. The van der Waals surface area contributed by atoms with E-state index in [2.05, 4.69) is 11.9 Å². The first-order chi connectivity index (χ1) is 20.6. The molecule has 0 fully saturated rings. The number of benzene rings is 2. The molecule has 3 atom stereocenters. The number of carbonyl (C=O) groups is 2. The summed E-state index contributed by atoms with van der Waals surface area (Å²) in [5, 5.41) is 22.6. The van der Waals surface area contributed by atoms with Gasteiger partial charge in [-0.1, -0.05) is 62.0 Å². The van der Waals surface area contributed by atoms with E-state index in [0.29, 0.717) is 24.9 Å². The van der Waals surface area contributed by atoms with E-state index in [9.17, 15) is 29.4 Å². The molecule has 1 aliphatic rings. The van der Waals surface area contributed by atoms with Gasteiger partial charge in [0.1, 0.15) is 6.61 Å². The van der Waals surface area contributed by atoms with Crippen molar-refractivity contribution in [3.63, 3.8) is 0 Å².